The summed E-state index contributed by atoms with van der Waals surface area (Å²) in [4.78, 5) is 11.6. The van der Waals surface area contributed by atoms with Gasteiger partial charge in [0.25, 0.3) is 0 Å². The molecule has 0 saturated heterocycles. The molecule has 18 heavy (non-hydrogen) atoms. The highest BCUT2D eigenvalue weighted by molar-refractivity contribution is 5.92. The molecule has 0 heterocycles. The first-order valence-electron chi connectivity index (χ1n) is 5.44. The summed E-state index contributed by atoms with van der Waals surface area (Å²) in [6.07, 6.45) is -0.0515. The second kappa shape index (κ2) is 5.40. The van der Waals surface area contributed by atoms with Gasteiger partial charge in [0.2, 0.25) is 5.91 Å². The van der Waals surface area contributed by atoms with Crippen molar-refractivity contribution in [3.8, 4) is 0 Å². The van der Waals surface area contributed by atoms with E-state index >= 15 is 0 Å². The number of carbonyl (C=O) groups is 1. The lowest BCUT2D eigenvalue weighted by molar-refractivity contribution is -0.115. The lowest BCUT2D eigenvalue weighted by atomic mass is 10.1. The fraction of sp³-hybridized carbons (Fsp3) is 0.0714. The van der Waals surface area contributed by atoms with Crippen LogP contribution in [0.4, 0.5) is 14.5 Å². The normalized spacial score (nSPS) is 10.1. The van der Waals surface area contributed by atoms with E-state index in [1.165, 1.54) is 30.3 Å². The highest BCUT2D eigenvalue weighted by atomic mass is 19.1. The molecule has 2 nitrogen and oxygen atoms in total. The molecule has 2 rings (SSSR count). The monoisotopic (exact) mass is 247 g/mol. The van der Waals surface area contributed by atoms with Crippen molar-refractivity contribution in [3.05, 3.63) is 65.7 Å². The number of benzene rings is 2. The second-order valence-corrected chi connectivity index (χ2v) is 3.82. The van der Waals surface area contributed by atoms with Crippen molar-refractivity contribution >= 4 is 11.6 Å². The van der Waals surface area contributed by atoms with E-state index in [0.717, 1.165) is 0 Å². The van der Waals surface area contributed by atoms with Crippen LogP contribution in [0, 0.1) is 11.6 Å². The first kappa shape index (κ1) is 12.2. The molecule has 0 radical (unpaired) electrons. The maximum absolute atomic E-state index is 13.3. The van der Waals surface area contributed by atoms with Crippen LogP contribution in [0.2, 0.25) is 0 Å². The third-order valence-corrected chi connectivity index (χ3v) is 2.44. The minimum atomic E-state index is -0.410. The van der Waals surface area contributed by atoms with E-state index < -0.39 is 5.82 Å². The van der Waals surface area contributed by atoms with Crippen LogP contribution in [0.15, 0.2) is 48.5 Å². The zero-order valence-electron chi connectivity index (χ0n) is 9.49. The van der Waals surface area contributed by atoms with Gasteiger partial charge in [0.05, 0.1) is 6.42 Å². The summed E-state index contributed by atoms with van der Waals surface area (Å²) in [5.74, 6) is -1.12. The summed E-state index contributed by atoms with van der Waals surface area (Å²) in [7, 11) is 0. The largest absolute Gasteiger partial charge is 0.326 e. The molecular weight excluding hydrogens is 236 g/mol. The molecule has 4 heteroatoms. The Balaban J connectivity index is 2.01. The molecule has 0 aliphatic rings. The van der Waals surface area contributed by atoms with Crippen LogP contribution < -0.4 is 5.32 Å². The average Bonchev–Trinajstić information content (AvgIpc) is 2.35. The number of carbonyl (C=O) groups excluding carboxylic acids is 1. The number of hydrogen-bond donors (Lipinski definition) is 1. The summed E-state index contributed by atoms with van der Waals surface area (Å²) in [5, 5.41) is 2.57. The Bertz CT molecular complexity index is 552. The van der Waals surface area contributed by atoms with E-state index in [0.29, 0.717) is 11.3 Å². The molecule has 0 aliphatic carbocycles. The first-order valence-corrected chi connectivity index (χ1v) is 5.44. The lowest BCUT2D eigenvalue weighted by Crippen LogP contribution is -2.15. The fourth-order valence-electron chi connectivity index (χ4n) is 1.55. The van der Waals surface area contributed by atoms with E-state index in [9.17, 15) is 13.6 Å². The molecule has 0 unspecified atom stereocenters. The van der Waals surface area contributed by atoms with Crippen molar-refractivity contribution in [1.29, 1.82) is 0 Å². The Kier molecular flexibility index (Phi) is 3.67. The number of amides is 1. The summed E-state index contributed by atoms with van der Waals surface area (Å²) < 4.78 is 26.0. The van der Waals surface area contributed by atoms with Crippen molar-refractivity contribution in [3.63, 3.8) is 0 Å². The van der Waals surface area contributed by atoms with Crippen molar-refractivity contribution in [2.24, 2.45) is 0 Å². The summed E-state index contributed by atoms with van der Waals surface area (Å²) in [6.45, 7) is 0. The van der Waals surface area contributed by atoms with Gasteiger partial charge < -0.3 is 5.32 Å². The van der Waals surface area contributed by atoms with E-state index in [2.05, 4.69) is 5.32 Å². The quantitative estimate of drug-likeness (QED) is 0.886. The van der Waals surface area contributed by atoms with Crippen molar-refractivity contribution in [2.45, 2.75) is 6.42 Å². The van der Waals surface area contributed by atoms with Crippen LogP contribution in [0.5, 0.6) is 0 Å². The highest BCUT2D eigenvalue weighted by Crippen LogP contribution is 2.11. The van der Waals surface area contributed by atoms with Gasteiger partial charge in [-0.05, 0) is 35.9 Å². The molecule has 1 amide bonds. The molecule has 0 aliphatic heterocycles. The molecule has 0 bridgehead atoms. The second-order valence-electron chi connectivity index (χ2n) is 3.82. The van der Waals surface area contributed by atoms with E-state index in [1.807, 2.05) is 0 Å². The van der Waals surface area contributed by atoms with Crippen molar-refractivity contribution in [2.75, 3.05) is 5.32 Å². The summed E-state index contributed by atoms with van der Waals surface area (Å²) in [5.41, 5.74) is 0.815. The molecule has 0 saturated carbocycles. The van der Waals surface area contributed by atoms with Crippen LogP contribution in [0.1, 0.15) is 5.56 Å². The van der Waals surface area contributed by atoms with E-state index in [1.54, 1.807) is 18.2 Å². The van der Waals surface area contributed by atoms with Gasteiger partial charge in [-0.3, -0.25) is 4.79 Å². The predicted molar refractivity (Wildman–Crippen MR) is 65.1 cm³/mol. The third-order valence-electron chi connectivity index (χ3n) is 2.44. The highest BCUT2D eigenvalue weighted by Gasteiger charge is 2.07. The zero-order valence-corrected chi connectivity index (χ0v) is 9.49. The van der Waals surface area contributed by atoms with Crippen molar-refractivity contribution in [1.82, 2.24) is 0 Å². The SMILES string of the molecule is O=C(Cc1ccccc1F)Nc1ccc(F)cc1. The summed E-state index contributed by atoms with van der Waals surface area (Å²) >= 11 is 0. The lowest BCUT2D eigenvalue weighted by Gasteiger charge is -2.05. The van der Waals surface area contributed by atoms with Gasteiger partial charge in [-0.15, -0.1) is 0 Å². The van der Waals surface area contributed by atoms with Crippen LogP contribution in [-0.4, -0.2) is 5.91 Å². The first-order chi connectivity index (χ1) is 8.65. The smallest absolute Gasteiger partial charge is 0.228 e. The number of nitrogens with one attached hydrogen (secondary N) is 1. The molecule has 0 aromatic heterocycles. The predicted octanol–water partition coefficient (Wildman–Crippen LogP) is 3.15. The molecule has 0 atom stereocenters. The zero-order chi connectivity index (χ0) is 13.0. The molecule has 92 valence electrons. The van der Waals surface area contributed by atoms with Crippen LogP contribution in [0.3, 0.4) is 0 Å². The summed E-state index contributed by atoms with van der Waals surface area (Å²) in [6, 6.07) is 11.5. The molecule has 2 aromatic rings. The molecule has 1 N–H and O–H groups in total. The Hall–Kier alpha value is -2.23. The third kappa shape index (κ3) is 3.13. The van der Waals surface area contributed by atoms with Crippen LogP contribution in [-0.2, 0) is 11.2 Å². The molecule has 2 aromatic carbocycles. The van der Waals surface area contributed by atoms with Gasteiger partial charge >= 0.3 is 0 Å². The van der Waals surface area contributed by atoms with Crippen LogP contribution in [0.25, 0.3) is 0 Å². The Labute approximate surface area is 103 Å². The van der Waals surface area contributed by atoms with Gasteiger partial charge in [-0.2, -0.15) is 0 Å². The van der Waals surface area contributed by atoms with E-state index in [4.69, 9.17) is 0 Å². The number of hydrogen-bond acceptors (Lipinski definition) is 1. The topological polar surface area (TPSA) is 29.1 Å². The Morgan fingerprint density at radius 2 is 1.67 bits per heavy atom. The van der Waals surface area contributed by atoms with Crippen LogP contribution >= 0.6 is 0 Å². The van der Waals surface area contributed by atoms with Gasteiger partial charge in [-0.25, -0.2) is 8.78 Å². The average molecular weight is 247 g/mol. The van der Waals surface area contributed by atoms with Gasteiger partial charge in [0.1, 0.15) is 11.6 Å². The molecule has 0 spiro atoms. The minimum Gasteiger partial charge on any atom is -0.326 e. The Morgan fingerprint density at radius 3 is 2.33 bits per heavy atom. The molecular formula is C14H11F2NO. The maximum Gasteiger partial charge on any atom is 0.228 e. The maximum atomic E-state index is 13.3. The minimum absolute atomic E-state index is 0.0515. The standard InChI is InChI=1S/C14H11F2NO/c15-11-5-7-12(8-6-11)17-14(18)9-10-3-1-2-4-13(10)16/h1-8H,9H2,(H,17,18). The number of halogens is 2. The number of rotatable bonds is 3. The van der Waals surface area contributed by atoms with Crippen molar-refractivity contribution < 1.29 is 13.6 Å². The fourth-order valence-corrected chi connectivity index (χ4v) is 1.55. The number of anilines is 1. The van der Waals surface area contributed by atoms with E-state index in [-0.39, 0.29) is 18.1 Å². The Morgan fingerprint density at radius 1 is 1.00 bits per heavy atom. The van der Waals surface area contributed by atoms with Gasteiger partial charge in [0, 0.05) is 5.69 Å². The molecule has 0 fully saturated rings. The van der Waals surface area contributed by atoms with Gasteiger partial charge in [0.15, 0.2) is 0 Å². The van der Waals surface area contributed by atoms with Gasteiger partial charge in [-0.1, -0.05) is 18.2 Å².